The van der Waals surface area contributed by atoms with Crippen LogP contribution in [0.4, 0.5) is 0 Å². The number of hydrogen-bond acceptors (Lipinski definition) is 4. The van der Waals surface area contributed by atoms with Crippen molar-refractivity contribution in [2.24, 2.45) is 0 Å². The summed E-state index contributed by atoms with van der Waals surface area (Å²) in [7, 11) is 0. The largest absolute Gasteiger partial charge is 0.457 e. The Morgan fingerprint density at radius 1 is 0.471 bits per heavy atom. The van der Waals surface area contributed by atoms with Gasteiger partial charge < -0.3 is 14.6 Å². The Morgan fingerprint density at radius 2 is 0.824 bits per heavy atom. The maximum Gasteiger partial charge on any atom is 0.306 e. The predicted octanol–water partition coefficient (Wildman–Crippen LogP) is 13.3. The lowest BCUT2D eigenvalue weighted by molar-refractivity contribution is -0.154. The smallest absolute Gasteiger partial charge is 0.306 e. The van der Waals surface area contributed by atoms with Crippen molar-refractivity contribution in [2.75, 3.05) is 19.8 Å². The predicted molar refractivity (Wildman–Crippen MR) is 223 cm³/mol. The van der Waals surface area contributed by atoms with Crippen molar-refractivity contribution in [2.45, 2.75) is 148 Å². The number of aliphatic hydroxyl groups is 1. The van der Waals surface area contributed by atoms with Gasteiger partial charge in [-0.1, -0.05) is 155 Å². The first-order valence-corrected chi connectivity index (χ1v) is 20.1. The third-order valence-corrected chi connectivity index (χ3v) is 7.78. The van der Waals surface area contributed by atoms with Gasteiger partial charge in [0, 0.05) is 13.0 Å². The zero-order valence-corrected chi connectivity index (χ0v) is 32.6. The van der Waals surface area contributed by atoms with Crippen LogP contribution in [0, 0.1) is 0 Å². The number of carbonyl (C=O) groups excluding carboxylic acids is 1. The fourth-order valence-corrected chi connectivity index (χ4v) is 4.85. The molecule has 0 amide bonds. The summed E-state index contributed by atoms with van der Waals surface area (Å²) in [5.74, 6) is -0.246. The fraction of sp³-hybridized carbons (Fsp3) is 0.553. The summed E-state index contributed by atoms with van der Waals surface area (Å²) in [5.41, 5.74) is 0. The SMILES string of the molecule is CC/C=C\C/C=C\C/C=C\C/C=C\C/C=C\C/C=C\C/C=C\CCCCCCOCC(CO)OC(=O)CCCCC/C=C\C/C=C\C/C=C\CC. The quantitative estimate of drug-likeness (QED) is 0.0406. The molecule has 0 radical (unpaired) electrons. The van der Waals surface area contributed by atoms with E-state index in [-0.39, 0.29) is 19.2 Å². The van der Waals surface area contributed by atoms with Gasteiger partial charge in [-0.3, -0.25) is 4.79 Å². The zero-order valence-electron chi connectivity index (χ0n) is 32.6. The van der Waals surface area contributed by atoms with Crippen molar-refractivity contribution in [3.8, 4) is 0 Å². The van der Waals surface area contributed by atoms with E-state index in [1.165, 1.54) is 12.8 Å². The van der Waals surface area contributed by atoms with E-state index in [0.29, 0.717) is 13.0 Å². The first-order valence-electron chi connectivity index (χ1n) is 20.1. The molecule has 0 rings (SSSR count). The van der Waals surface area contributed by atoms with Gasteiger partial charge in [-0.05, 0) is 103 Å². The Bertz CT molecular complexity index is 1050. The van der Waals surface area contributed by atoms with Crippen LogP contribution in [0.5, 0.6) is 0 Å². The minimum atomic E-state index is -0.572. The van der Waals surface area contributed by atoms with Gasteiger partial charge in [0.05, 0.1) is 13.2 Å². The van der Waals surface area contributed by atoms with Crippen molar-refractivity contribution in [1.82, 2.24) is 0 Å². The second-order valence-corrected chi connectivity index (χ2v) is 12.6. The van der Waals surface area contributed by atoms with E-state index in [9.17, 15) is 9.90 Å². The van der Waals surface area contributed by atoms with E-state index >= 15 is 0 Å². The molecule has 0 aliphatic carbocycles. The lowest BCUT2D eigenvalue weighted by Gasteiger charge is -2.15. The van der Waals surface area contributed by atoms with Gasteiger partial charge in [0.2, 0.25) is 0 Å². The fourth-order valence-electron chi connectivity index (χ4n) is 4.85. The molecule has 1 N–H and O–H groups in total. The van der Waals surface area contributed by atoms with Crippen molar-refractivity contribution < 1.29 is 19.4 Å². The van der Waals surface area contributed by atoms with Gasteiger partial charge in [0.1, 0.15) is 6.10 Å². The Balaban J connectivity index is 3.62. The summed E-state index contributed by atoms with van der Waals surface area (Å²) >= 11 is 0. The van der Waals surface area contributed by atoms with Crippen molar-refractivity contribution in [3.63, 3.8) is 0 Å². The van der Waals surface area contributed by atoms with Crippen molar-refractivity contribution >= 4 is 5.97 Å². The Morgan fingerprint density at radius 3 is 1.22 bits per heavy atom. The number of rotatable bonds is 35. The highest BCUT2D eigenvalue weighted by Crippen LogP contribution is 2.08. The average Bonchev–Trinajstić information content (AvgIpc) is 3.14. The van der Waals surface area contributed by atoms with Crippen LogP contribution < -0.4 is 0 Å². The van der Waals surface area contributed by atoms with E-state index < -0.39 is 6.10 Å². The lowest BCUT2D eigenvalue weighted by Crippen LogP contribution is -2.27. The molecule has 0 aliphatic heterocycles. The summed E-state index contributed by atoms with van der Waals surface area (Å²) in [4.78, 5) is 12.1. The third-order valence-electron chi connectivity index (χ3n) is 7.78. The van der Waals surface area contributed by atoms with Crippen molar-refractivity contribution in [3.05, 3.63) is 122 Å². The highest BCUT2D eigenvalue weighted by Gasteiger charge is 2.13. The number of unbranched alkanes of at least 4 members (excludes halogenated alkanes) is 7. The maximum atomic E-state index is 12.1. The van der Waals surface area contributed by atoms with Crippen molar-refractivity contribution in [1.29, 1.82) is 0 Å². The third kappa shape index (κ3) is 41.1. The molecule has 0 aliphatic rings. The molecule has 0 saturated carbocycles. The van der Waals surface area contributed by atoms with Crippen LogP contribution >= 0.6 is 0 Å². The van der Waals surface area contributed by atoms with Crippen LogP contribution in [0.15, 0.2) is 122 Å². The molecule has 4 heteroatoms. The van der Waals surface area contributed by atoms with Crippen LogP contribution in [0.2, 0.25) is 0 Å². The first kappa shape index (κ1) is 47.8. The number of hydrogen-bond donors (Lipinski definition) is 1. The number of allylic oxidation sites excluding steroid dienone is 20. The molecule has 4 nitrogen and oxygen atoms in total. The molecule has 1 atom stereocenters. The monoisotopic (exact) mass is 703 g/mol. The Kier molecular flexibility index (Phi) is 40.3. The molecule has 0 heterocycles. The van der Waals surface area contributed by atoms with Crippen LogP contribution in [0.25, 0.3) is 0 Å². The zero-order chi connectivity index (χ0) is 37.0. The van der Waals surface area contributed by atoms with E-state index in [0.717, 1.165) is 109 Å². The standard InChI is InChI=1S/C47H74O4/c1-3-5-7-9-11-13-15-17-18-19-20-21-22-23-24-25-26-27-28-29-31-33-35-37-39-41-43-50-45-46(44-48)51-47(49)42-40-38-36-34-32-30-16-14-12-10-8-6-4-2/h5-8,11-14,17-18,20-21,23-24,26-27,29-32,46,48H,3-4,9-10,15-16,19,22,25,28,33-45H2,1-2H3/b7-5-,8-6-,13-11-,14-12-,18-17-,21-20-,24-23-,27-26-,31-29-,32-30-. The topological polar surface area (TPSA) is 55.8 Å². The molecule has 0 fully saturated rings. The number of aliphatic hydroxyl groups excluding tert-OH is 1. The summed E-state index contributed by atoms with van der Waals surface area (Å²) in [6.45, 7) is 4.99. The number of carbonyl (C=O) groups is 1. The normalized spacial score (nSPS) is 13.7. The molecule has 51 heavy (non-hydrogen) atoms. The first-order chi connectivity index (χ1) is 25.2. The van der Waals surface area contributed by atoms with Crippen LogP contribution in [-0.4, -0.2) is 37.0 Å². The molecule has 286 valence electrons. The molecular weight excluding hydrogens is 629 g/mol. The van der Waals surface area contributed by atoms with Crippen LogP contribution in [0.1, 0.15) is 142 Å². The molecular formula is C47H74O4. The maximum absolute atomic E-state index is 12.1. The molecule has 0 saturated heterocycles. The molecule has 0 aromatic carbocycles. The Labute approximate surface area is 314 Å². The van der Waals surface area contributed by atoms with E-state index in [1.54, 1.807) is 0 Å². The molecule has 0 aromatic rings. The molecule has 0 aromatic heterocycles. The summed E-state index contributed by atoms with van der Waals surface area (Å²) in [6.07, 6.45) is 64.0. The van der Waals surface area contributed by atoms with E-state index in [2.05, 4.69) is 135 Å². The summed E-state index contributed by atoms with van der Waals surface area (Å²) in [5, 5.41) is 9.57. The second kappa shape index (κ2) is 43.0. The Hall–Kier alpha value is -3.21. The van der Waals surface area contributed by atoms with Crippen LogP contribution in [0.3, 0.4) is 0 Å². The summed E-state index contributed by atoms with van der Waals surface area (Å²) < 4.78 is 11.1. The summed E-state index contributed by atoms with van der Waals surface area (Å²) in [6, 6.07) is 0. The van der Waals surface area contributed by atoms with Gasteiger partial charge in [0.25, 0.3) is 0 Å². The highest BCUT2D eigenvalue weighted by molar-refractivity contribution is 5.69. The van der Waals surface area contributed by atoms with Gasteiger partial charge >= 0.3 is 5.97 Å². The molecule has 0 spiro atoms. The number of esters is 1. The minimum Gasteiger partial charge on any atom is -0.457 e. The molecule has 0 bridgehead atoms. The second-order valence-electron chi connectivity index (χ2n) is 12.6. The minimum absolute atomic E-state index is 0.204. The lowest BCUT2D eigenvalue weighted by atomic mass is 10.1. The van der Waals surface area contributed by atoms with Gasteiger partial charge in [-0.25, -0.2) is 0 Å². The van der Waals surface area contributed by atoms with E-state index in [4.69, 9.17) is 9.47 Å². The number of ether oxygens (including phenoxy) is 2. The van der Waals surface area contributed by atoms with Gasteiger partial charge in [0.15, 0.2) is 0 Å². The van der Waals surface area contributed by atoms with E-state index in [1.807, 2.05) is 0 Å². The van der Waals surface area contributed by atoms with Gasteiger partial charge in [-0.15, -0.1) is 0 Å². The van der Waals surface area contributed by atoms with Gasteiger partial charge in [-0.2, -0.15) is 0 Å². The highest BCUT2D eigenvalue weighted by atomic mass is 16.6. The molecule has 1 unspecified atom stereocenters. The average molecular weight is 703 g/mol. The van der Waals surface area contributed by atoms with Crippen LogP contribution in [-0.2, 0) is 14.3 Å².